The Balaban J connectivity index is 1.96. The van der Waals surface area contributed by atoms with E-state index >= 15 is 0 Å². The highest BCUT2D eigenvalue weighted by Gasteiger charge is 2.17. The van der Waals surface area contributed by atoms with Gasteiger partial charge in [0, 0.05) is 18.0 Å². The molecule has 3 aromatic rings. The Morgan fingerprint density at radius 3 is 2.80 bits per heavy atom. The Morgan fingerprint density at radius 1 is 1.20 bits per heavy atom. The van der Waals surface area contributed by atoms with Crippen LogP contribution in [0.25, 0.3) is 22.5 Å². The molecule has 7 nitrogen and oxygen atoms in total. The van der Waals surface area contributed by atoms with Gasteiger partial charge in [0.2, 0.25) is 5.89 Å². The van der Waals surface area contributed by atoms with Gasteiger partial charge in [0.1, 0.15) is 0 Å². The van der Waals surface area contributed by atoms with E-state index in [1.807, 2.05) is 0 Å². The average Bonchev–Trinajstić information content (AvgIpc) is 2.97. The minimum absolute atomic E-state index is 0.166. The van der Waals surface area contributed by atoms with Crippen LogP contribution in [0.1, 0.15) is 17.6 Å². The molecule has 0 spiro atoms. The quantitative estimate of drug-likeness (QED) is 0.670. The lowest BCUT2D eigenvalue weighted by Gasteiger charge is -1.98. The number of aromatic nitrogens is 4. The molecule has 2 aromatic heterocycles. The number of fused-ring (bicyclic) bond motifs is 1. The summed E-state index contributed by atoms with van der Waals surface area (Å²) >= 11 is 0. The van der Waals surface area contributed by atoms with Gasteiger partial charge in [0.05, 0.1) is 17.6 Å². The molecule has 0 atom stereocenters. The molecule has 0 unspecified atom stereocenters. The normalized spacial score (nSPS) is 10.7. The molecular formula is C13H10N4O3. The first-order chi connectivity index (χ1) is 9.78. The summed E-state index contributed by atoms with van der Waals surface area (Å²) < 4.78 is 10.1. The Morgan fingerprint density at radius 2 is 2.00 bits per heavy atom. The van der Waals surface area contributed by atoms with E-state index in [1.165, 1.54) is 0 Å². The SMILES string of the molecule is CCOC(=O)c1nnc(-c2ccc3nccnc3c2)o1. The van der Waals surface area contributed by atoms with Crippen LogP contribution in [0.4, 0.5) is 0 Å². The lowest BCUT2D eigenvalue weighted by atomic mass is 10.2. The van der Waals surface area contributed by atoms with E-state index < -0.39 is 5.97 Å². The molecule has 1 aromatic carbocycles. The molecule has 0 aliphatic heterocycles. The van der Waals surface area contributed by atoms with Crippen molar-refractivity contribution in [2.24, 2.45) is 0 Å². The van der Waals surface area contributed by atoms with Crippen molar-refractivity contribution in [1.29, 1.82) is 0 Å². The second-order valence-corrected chi connectivity index (χ2v) is 3.89. The van der Waals surface area contributed by atoms with Crippen LogP contribution in [-0.4, -0.2) is 32.7 Å². The third-order valence-electron chi connectivity index (χ3n) is 2.59. The maximum absolute atomic E-state index is 11.5. The highest BCUT2D eigenvalue weighted by molar-refractivity contribution is 5.84. The molecule has 100 valence electrons. The lowest BCUT2D eigenvalue weighted by Crippen LogP contribution is -2.04. The number of hydrogen-bond donors (Lipinski definition) is 0. The molecule has 20 heavy (non-hydrogen) atoms. The lowest BCUT2D eigenvalue weighted by molar-refractivity contribution is 0.0481. The Bertz CT molecular complexity index is 769. The van der Waals surface area contributed by atoms with Crippen LogP contribution in [0.15, 0.2) is 35.0 Å². The number of ether oxygens (including phenoxy) is 1. The van der Waals surface area contributed by atoms with Crippen LogP contribution in [0.5, 0.6) is 0 Å². The fourth-order valence-electron chi connectivity index (χ4n) is 1.71. The van der Waals surface area contributed by atoms with Crippen molar-refractivity contribution in [2.45, 2.75) is 6.92 Å². The van der Waals surface area contributed by atoms with Gasteiger partial charge in [0.15, 0.2) is 0 Å². The molecule has 0 radical (unpaired) electrons. The van der Waals surface area contributed by atoms with Crippen molar-refractivity contribution >= 4 is 17.0 Å². The number of rotatable bonds is 3. The van der Waals surface area contributed by atoms with Gasteiger partial charge in [-0.2, -0.15) is 0 Å². The summed E-state index contributed by atoms with van der Waals surface area (Å²) in [5.74, 6) is -0.562. The van der Waals surface area contributed by atoms with E-state index in [2.05, 4.69) is 20.2 Å². The molecular weight excluding hydrogens is 260 g/mol. The average molecular weight is 270 g/mol. The number of carbonyl (C=O) groups is 1. The summed E-state index contributed by atoms with van der Waals surface area (Å²) in [6, 6.07) is 5.34. The summed E-state index contributed by atoms with van der Waals surface area (Å²) in [6.07, 6.45) is 3.22. The second-order valence-electron chi connectivity index (χ2n) is 3.89. The molecule has 0 bridgehead atoms. The monoisotopic (exact) mass is 270 g/mol. The predicted molar refractivity (Wildman–Crippen MR) is 68.8 cm³/mol. The fourth-order valence-corrected chi connectivity index (χ4v) is 1.71. The van der Waals surface area contributed by atoms with Crippen LogP contribution >= 0.6 is 0 Å². The summed E-state index contributed by atoms with van der Waals surface area (Å²) in [5.41, 5.74) is 2.14. The minimum atomic E-state index is -0.633. The molecule has 0 aliphatic carbocycles. The van der Waals surface area contributed by atoms with Crippen molar-refractivity contribution in [2.75, 3.05) is 6.61 Å². The van der Waals surface area contributed by atoms with Gasteiger partial charge in [-0.25, -0.2) is 4.79 Å². The summed E-state index contributed by atoms with van der Waals surface area (Å²) in [6.45, 7) is 1.96. The smallest absolute Gasteiger partial charge is 0.396 e. The first kappa shape index (κ1) is 12.2. The predicted octanol–water partition coefficient (Wildman–Crippen LogP) is 1.86. The van der Waals surface area contributed by atoms with Gasteiger partial charge in [-0.05, 0) is 25.1 Å². The Kier molecular flexibility index (Phi) is 3.08. The van der Waals surface area contributed by atoms with Crippen LogP contribution in [0, 0.1) is 0 Å². The maximum atomic E-state index is 11.5. The number of hydrogen-bond acceptors (Lipinski definition) is 7. The molecule has 0 saturated heterocycles. The van der Waals surface area contributed by atoms with Gasteiger partial charge in [-0.1, -0.05) is 0 Å². The number of benzene rings is 1. The van der Waals surface area contributed by atoms with Gasteiger partial charge >= 0.3 is 11.9 Å². The molecule has 2 heterocycles. The molecule has 0 saturated carbocycles. The zero-order valence-corrected chi connectivity index (χ0v) is 10.6. The van der Waals surface area contributed by atoms with Gasteiger partial charge in [-0.3, -0.25) is 9.97 Å². The third-order valence-corrected chi connectivity index (χ3v) is 2.59. The van der Waals surface area contributed by atoms with Crippen LogP contribution < -0.4 is 0 Å². The third kappa shape index (κ3) is 2.20. The molecule has 0 fully saturated rings. The van der Waals surface area contributed by atoms with E-state index in [-0.39, 0.29) is 18.4 Å². The van der Waals surface area contributed by atoms with E-state index in [4.69, 9.17) is 9.15 Å². The standard InChI is InChI=1S/C13H10N4O3/c1-2-19-13(18)12-17-16-11(20-12)8-3-4-9-10(7-8)15-6-5-14-9/h3-7H,2H2,1H3. The highest BCUT2D eigenvalue weighted by atomic mass is 16.5. The van der Waals surface area contributed by atoms with Crippen LogP contribution in [0.2, 0.25) is 0 Å². The molecule has 0 amide bonds. The highest BCUT2D eigenvalue weighted by Crippen LogP contribution is 2.21. The minimum Gasteiger partial charge on any atom is -0.459 e. The first-order valence-corrected chi connectivity index (χ1v) is 5.99. The van der Waals surface area contributed by atoms with E-state index in [1.54, 1.807) is 37.5 Å². The summed E-state index contributed by atoms with van der Waals surface area (Å²) in [4.78, 5) is 19.8. The van der Waals surface area contributed by atoms with Crippen molar-refractivity contribution in [3.05, 3.63) is 36.5 Å². The number of nitrogens with zero attached hydrogens (tertiary/aromatic N) is 4. The van der Waals surface area contributed by atoms with Crippen molar-refractivity contribution < 1.29 is 13.9 Å². The van der Waals surface area contributed by atoms with Crippen molar-refractivity contribution in [3.63, 3.8) is 0 Å². The number of esters is 1. The fraction of sp³-hybridized carbons (Fsp3) is 0.154. The largest absolute Gasteiger partial charge is 0.459 e. The van der Waals surface area contributed by atoms with Gasteiger partial charge in [0.25, 0.3) is 0 Å². The van der Waals surface area contributed by atoms with E-state index in [0.29, 0.717) is 11.1 Å². The Hall–Kier alpha value is -2.83. The van der Waals surface area contributed by atoms with Crippen LogP contribution in [-0.2, 0) is 4.74 Å². The number of carbonyl (C=O) groups excluding carboxylic acids is 1. The first-order valence-electron chi connectivity index (χ1n) is 5.99. The zero-order chi connectivity index (χ0) is 13.9. The van der Waals surface area contributed by atoms with Crippen molar-refractivity contribution in [3.8, 4) is 11.5 Å². The second kappa shape index (κ2) is 5.04. The maximum Gasteiger partial charge on any atom is 0.396 e. The summed E-state index contributed by atoms with van der Waals surface area (Å²) in [5, 5.41) is 7.49. The van der Waals surface area contributed by atoms with E-state index in [0.717, 1.165) is 5.52 Å². The Labute approximate surface area is 113 Å². The molecule has 3 rings (SSSR count). The molecule has 0 N–H and O–H groups in total. The topological polar surface area (TPSA) is 91.0 Å². The van der Waals surface area contributed by atoms with Crippen molar-refractivity contribution in [1.82, 2.24) is 20.2 Å². The molecule has 7 heteroatoms. The molecule has 0 aliphatic rings. The zero-order valence-electron chi connectivity index (χ0n) is 10.6. The van der Waals surface area contributed by atoms with Gasteiger partial charge < -0.3 is 9.15 Å². The van der Waals surface area contributed by atoms with Gasteiger partial charge in [-0.15, -0.1) is 10.2 Å². The van der Waals surface area contributed by atoms with E-state index in [9.17, 15) is 4.79 Å². The van der Waals surface area contributed by atoms with Crippen LogP contribution in [0.3, 0.4) is 0 Å². The summed E-state index contributed by atoms with van der Waals surface area (Å²) in [7, 11) is 0.